The lowest BCUT2D eigenvalue weighted by Crippen LogP contribution is -2.45. The summed E-state index contributed by atoms with van der Waals surface area (Å²) in [6.45, 7) is 11.5. The van der Waals surface area contributed by atoms with Gasteiger partial charge in [0, 0.05) is 19.2 Å². The molecule has 116 valence electrons. The molecule has 2 aliphatic rings. The Morgan fingerprint density at radius 3 is 2.86 bits per heavy atom. The summed E-state index contributed by atoms with van der Waals surface area (Å²) >= 11 is 0. The van der Waals surface area contributed by atoms with Crippen LogP contribution in [0.3, 0.4) is 0 Å². The lowest BCUT2D eigenvalue weighted by atomic mass is 9.86. The van der Waals surface area contributed by atoms with E-state index >= 15 is 0 Å². The predicted octanol–water partition coefficient (Wildman–Crippen LogP) is 1.44. The van der Waals surface area contributed by atoms with Gasteiger partial charge in [-0.2, -0.15) is 5.10 Å². The number of hydrogen-bond acceptors (Lipinski definition) is 4. The number of aromatic nitrogens is 2. The molecule has 0 spiro atoms. The van der Waals surface area contributed by atoms with Crippen LogP contribution in [0.15, 0.2) is 6.07 Å². The van der Waals surface area contributed by atoms with Crippen molar-refractivity contribution >= 4 is 11.7 Å². The molecule has 21 heavy (non-hydrogen) atoms. The zero-order valence-electron chi connectivity index (χ0n) is 13.2. The van der Waals surface area contributed by atoms with Crippen molar-refractivity contribution < 1.29 is 9.53 Å². The first-order valence-corrected chi connectivity index (χ1v) is 7.60. The van der Waals surface area contributed by atoms with Crippen molar-refractivity contribution in [3.63, 3.8) is 0 Å². The Labute approximate surface area is 125 Å². The average molecular weight is 292 g/mol. The first-order valence-electron chi connectivity index (χ1n) is 7.60. The second-order valence-corrected chi connectivity index (χ2v) is 7.04. The van der Waals surface area contributed by atoms with Gasteiger partial charge in [-0.15, -0.1) is 0 Å². The van der Waals surface area contributed by atoms with Crippen LogP contribution < -0.4 is 10.2 Å². The predicted molar refractivity (Wildman–Crippen MR) is 80.7 cm³/mol. The van der Waals surface area contributed by atoms with Crippen LogP contribution in [0.25, 0.3) is 0 Å². The lowest BCUT2D eigenvalue weighted by molar-refractivity contribution is 0.0867. The quantitative estimate of drug-likeness (QED) is 0.851. The molecule has 0 radical (unpaired) electrons. The number of fused-ring (bicyclic) bond motifs is 1. The molecule has 2 aliphatic heterocycles. The van der Waals surface area contributed by atoms with E-state index in [0.717, 1.165) is 12.4 Å². The van der Waals surface area contributed by atoms with E-state index in [1.54, 1.807) is 0 Å². The monoisotopic (exact) mass is 292 g/mol. The molecule has 2 atom stereocenters. The highest BCUT2D eigenvalue weighted by Crippen LogP contribution is 2.34. The second-order valence-electron chi connectivity index (χ2n) is 7.04. The fourth-order valence-corrected chi connectivity index (χ4v) is 3.04. The first kappa shape index (κ1) is 14.4. The number of nitrogens with zero attached hydrogens (tertiary/aromatic N) is 3. The van der Waals surface area contributed by atoms with Gasteiger partial charge < -0.3 is 15.0 Å². The average Bonchev–Trinajstić information content (AvgIpc) is 2.83. The molecule has 1 amide bonds. The number of carbonyl (C=O) groups is 1. The summed E-state index contributed by atoms with van der Waals surface area (Å²) in [5.41, 5.74) is 0.706. The molecule has 0 aromatic carbocycles. The van der Waals surface area contributed by atoms with Crippen molar-refractivity contribution in [2.75, 3.05) is 31.2 Å². The first-order chi connectivity index (χ1) is 9.88. The molecule has 1 saturated heterocycles. The van der Waals surface area contributed by atoms with Gasteiger partial charge in [-0.05, 0) is 12.3 Å². The molecule has 1 aromatic heterocycles. The Bertz CT molecular complexity index is 546. The molecule has 6 heteroatoms. The van der Waals surface area contributed by atoms with Gasteiger partial charge in [0.15, 0.2) is 5.82 Å². The van der Waals surface area contributed by atoms with Crippen LogP contribution in [0, 0.1) is 5.41 Å². The molecule has 3 rings (SSSR count). The number of amides is 1. The molecule has 3 heterocycles. The molecule has 0 aliphatic carbocycles. The summed E-state index contributed by atoms with van der Waals surface area (Å²) in [4.78, 5) is 14.3. The van der Waals surface area contributed by atoms with E-state index in [-0.39, 0.29) is 23.4 Å². The van der Waals surface area contributed by atoms with Gasteiger partial charge in [0.1, 0.15) is 5.69 Å². The van der Waals surface area contributed by atoms with E-state index < -0.39 is 0 Å². The highest BCUT2D eigenvalue weighted by atomic mass is 16.5. The Balaban J connectivity index is 1.98. The van der Waals surface area contributed by atoms with Crippen LogP contribution in [0.5, 0.6) is 0 Å². The summed E-state index contributed by atoms with van der Waals surface area (Å²) in [5, 5.41) is 7.73. The smallest absolute Gasteiger partial charge is 0.269 e. The van der Waals surface area contributed by atoms with Gasteiger partial charge in [0.05, 0.1) is 25.3 Å². The van der Waals surface area contributed by atoms with E-state index in [1.165, 1.54) is 0 Å². The van der Waals surface area contributed by atoms with E-state index in [2.05, 4.69) is 37.9 Å². The maximum atomic E-state index is 12.1. The molecule has 0 saturated carbocycles. The molecule has 0 unspecified atom stereocenters. The highest BCUT2D eigenvalue weighted by molar-refractivity contribution is 5.94. The SMILES string of the molecule is C[C@@H]1COCCN1c1cc2n(n1)[C@H](C(C)(C)C)CNC2=O. The number of rotatable bonds is 1. The fraction of sp³-hybridized carbons (Fsp3) is 0.733. The number of ether oxygens (including phenoxy) is 1. The van der Waals surface area contributed by atoms with Gasteiger partial charge in [0.2, 0.25) is 0 Å². The Morgan fingerprint density at radius 2 is 2.19 bits per heavy atom. The third kappa shape index (κ3) is 2.52. The van der Waals surface area contributed by atoms with Gasteiger partial charge in [-0.3, -0.25) is 9.48 Å². The van der Waals surface area contributed by atoms with Gasteiger partial charge in [-0.25, -0.2) is 0 Å². The van der Waals surface area contributed by atoms with Gasteiger partial charge >= 0.3 is 0 Å². The summed E-state index contributed by atoms with van der Waals surface area (Å²) in [6.07, 6.45) is 0. The summed E-state index contributed by atoms with van der Waals surface area (Å²) in [7, 11) is 0. The largest absolute Gasteiger partial charge is 0.377 e. The normalized spacial score (nSPS) is 26.5. The van der Waals surface area contributed by atoms with Crippen LogP contribution in [-0.2, 0) is 4.74 Å². The third-order valence-electron chi connectivity index (χ3n) is 4.37. The molecule has 1 fully saturated rings. The minimum absolute atomic E-state index is 0.0323. The Morgan fingerprint density at radius 1 is 1.43 bits per heavy atom. The fourth-order valence-electron chi connectivity index (χ4n) is 3.04. The van der Waals surface area contributed by atoms with Crippen molar-refractivity contribution in [2.24, 2.45) is 5.41 Å². The highest BCUT2D eigenvalue weighted by Gasteiger charge is 2.36. The van der Waals surface area contributed by atoms with Crippen molar-refractivity contribution in [3.8, 4) is 0 Å². The van der Waals surface area contributed by atoms with Crippen LogP contribution in [0.2, 0.25) is 0 Å². The second kappa shape index (κ2) is 5.02. The maximum Gasteiger partial charge on any atom is 0.269 e. The van der Waals surface area contributed by atoms with Crippen molar-refractivity contribution in [3.05, 3.63) is 11.8 Å². The topological polar surface area (TPSA) is 59.4 Å². The minimum Gasteiger partial charge on any atom is -0.377 e. The summed E-state index contributed by atoms with van der Waals surface area (Å²) in [5.74, 6) is 0.849. The van der Waals surface area contributed by atoms with Crippen molar-refractivity contribution in [1.82, 2.24) is 15.1 Å². The van der Waals surface area contributed by atoms with Crippen LogP contribution in [-0.4, -0.2) is 48.0 Å². The molecule has 6 nitrogen and oxygen atoms in total. The number of carbonyl (C=O) groups excluding carboxylic acids is 1. The van der Waals surface area contributed by atoms with Crippen molar-refractivity contribution in [2.45, 2.75) is 39.8 Å². The number of nitrogens with one attached hydrogen (secondary N) is 1. The van der Waals surface area contributed by atoms with E-state index in [9.17, 15) is 4.79 Å². The Hall–Kier alpha value is -1.56. The lowest BCUT2D eigenvalue weighted by Gasteiger charge is -2.35. The molecule has 1 aromatic rings. The van der Waals surface area contributed by atoms with E-state index in [4.69, 9.17) is 9.84 Å². The maximum absolute atomic E-state index is 12.1. The third-order valence-corrected chi connectivity index (χ3v) is 4.37. The van der Waals surface area contributed by atoms with Crippen LogP contribution in [0.4, 0.5) is 5.82 Å². The number of morpholine rings is 1. The Kier molecular flexibility index (Phi) is 3.43. The minimum atomic E-state index is -0.0323. The van der Waals surface area contributed by atoms with E-state index in [1.807, 2.05) is 10.7 Å². The molecular formula is C15H24N4O2. The molecule has 0 bridgehead atoms. The van der Waals surface area contributed by atoms with Crippen LogP contribution in [0.1, 0.15) is 44.2 Å². The van der Waals surface area contributed by atoms with E-state index in [0.29, 0.717) is 25.5 Å². The summed E-state index contributed by atoms with van der Waals surface area (Å²) < 4.78 is 7.39. The van der Waals surface area contributed by atoms with Gasteiger partial charge in [0.25, 0.3) is 5.91 Å². The zero-order chi connectivity index (χ0) is 15.2. The van der Waals surface area contributed by atoms with Crippen molar-refractivity contribution in [1.29, 1.82) is 0 Å². The summed E-state index contributed by atoms with van der Waals surface area (Å²) in [6, 6.07) is 2.37. The van der Waals surface area contributed by atoms with Crippen LogP contribution >= 0.6 is 0 Å². The van der Waals surface area contributed by atoms with Gasteiger partial charge in [-0.1, -0.05) is 20.8 Å². The number of anilines is 1. The standard InChI is InChI=1S/C15H24N4O2/c1-10-9-21-6-5-18(10)13-7-11-14(20)16-8-12(15(2,3)4)19(11)17-13/h7,10,12H,5-6,8-9H2,1-4H3,(H,16,20)/t10-,12+/m1/s1. The number of hydrogen-bond donors (Lipinski definition) is 1. The molecule has 1 N–H and O–H groups in total. The zero-order valence-corrected chi connectivity index (χ0v) is 13.2. The molecular weight excluding hydrogens is 268 g/mol.